The van der Waals surface area contributed by atoms with Crippen LogP contribution in [0.3, 0.4) is 0 Å². The third-order valence-electron chi connectivity index (χ3n) is 3.05. The maximum Gasteiger partial charge on any atom is 0.135 e. The number of fused-ring (bicyclic) bond motifs is 3. The quantitative estimate of drug-likeness (QED) is 0.654. The Morgan fingerprint density at radius 3 is 2.74 bits per heavy atom. The molecule has 0 saturated carbocycles. The number of para-hydroxylation sites is 1. The summed E-state index contributed by atoms with van der Waals surface area (Å²) in [6.45, 7) is 5.92. The first-order chi connectivity index (χ1) is 9.28. The second-order valence-corrected chi connectivity index (χ2v) is 4.46. The van der Waals surface area contributed by atoms with Gasteiger partial charge in [-0.15, -0.1) is 0 Å². The van der Waals surface area contributed by atoms with Gasteiger partial charge in [-0.05, 0) is 37.3 Å². The summed E-state index contributed by atoms with van der Waals surface area (Å²) in [4.78, 5) is 0. The Hall–Kier alpha value is -2.48. The number of hydrogen-bond acceptors (Lipinski definition) is 2. The number of rotatable bonds is 3. The van der Waals surface area contributed by atoms with Crippen molar-refractivity contribution in [2.75, 3.05) is 5.32 Å². The van der Waals surface area contributed by atoms with Crippen LogP contribution in [0.5, 0.6) is 0 Å². The van der Waals surface area contributed by atoms with E-state index in [9.17, 15) is 0 Å². The maximum absolute atomic E-state index is 5.80. The SMILES string of the molecule is C=C(/C=C\C)Nc1ccc2oc3ccccc3c2c1. The minimum Gasteiger partial charge on any atom is -0.456 e. The molecule has 0 radical (unpaired) electrons. The lowest BCUT2D eigenvalue weighted by Gasteiger charge is -2.05. The lowest BCUT2D eigenvalue weighted by Crippen LogP contribution is -1.94. The molecule has 2 heteroatoms. The molecule has 0 spiro atoms. The number of anilines is 1. The standard InChI is InChI=1S/C17H15NO/c1-3-6-12(2)18-13-9-10-17-15(11-13)14-7-4-5-8-16(14)19-17/h3-11,18H,2H2,1H3/b6-3-. The van der Waals surface area contributed by atoms with Crippen molar-refractivity contribution >= 4 is 27.6 Å². The summed E-state index contributed by atoms with van der Waals surface area (Å²) in [5.74, 6) is 0. The molecule has 0 aliphatic carbocycles. The van der Waals surface area contributed by atoms with Crippen molar-refractivity contribution < 1.29 is 4.42 Å². The van der Waals surface area contributed by atoms with Crippen molar-refractivity contribution in [3.63, 3.8) is 0 Å². The molecule has 3 aromatic rings. The highest BCUT2D eigenvalue weighted by molar-refractivity contribution is 6.05. The van der Waals surface area contributed by atoms with Gasteiger partial charge < -0.3 is 9.73 Å². The molecule has 0 bridgehead atoms. The Balaban J connectivity index is 2.09. The van der Waals surface area contributed by atoms with Crippen LogP contribution in [0, 0.1) is 0 Å². The Morgan fingerprint density at radius 1 is 1.11 bits per heavy atom. The highest BCUT2D eigenvalue weighted by atomic mass is 16.3. The lowest BCUT2D eigenvalue weighted by molar-refractivity contribution is 0.669. The normalized spacial score (nSPS) is 11.4. The van der Waals surface area contributed by atoms with Gasteiger partial charge in [-0.25, -0.2) is 0 Å². The molecule has 0 amide bonds. The number of allylic oxidation sites excluding steroid dienone is 2. The van der Waals surface area contributed by atoms with Crippen LogP contribution in [0.2, 0.25) is 0 Å². The number of hydrogen-bond donors (Lipinski definition) is 1. The number of furan rings is 1. The fraction of sp³-hybridized carbons (Fsp3) is 0.0588. The molecule has 2 nitrogen and oxygen atoms in total. The van der Waals surface area contributed by atoms with E-state index in [0.29, 0.717) is 0 Å². The van der Waals surface area contributed by atoms with Gasteiger partial charge in [0.05, 0.1) is 0 Å². The predicted molar refractivity (Wildman–Crippen MR) is 81.3 cm³/mol. The molecule has 0 saturated heterocycles. The molecular formula is C17H15NO. The summed E-state index contributed by atoms with van der Waals surface area (Å²) in [7, 11) is 0. The third-order valence-corrected chi connectivity index (χ3v) is 3.05. The summed E-state index contributed by atoms with van der Waals surface area (Å²) < 4.78 is 5.80. The zero-order valence-corrected chi connectivity index (χ0v) is 10.8. The van der Waals surface area contributed by atoms with Crippen molar-refractivity contribution in [2.24, 2.45) is 0 Å². The highest BCUT2D eigenvalue weighted by Gasteiger charge is 2.06. The van der Waals surface area contributed by atoms with Crippen molar-refractivity contribution in [2.45, 2.75) is 6.92 Å². The topological polar surface area (TPSA) is 25.2 Å². The fourth-order valence-electron chi connectivity index (χ4n) is 2.23. The summed E-state index contributed by atoms with van der Waals surface area (Å²) in [6, 6.07) is 14.1. The highest BCUT2D eigenvalue weighted by Crippen LogP contribution is 2.30. The van der Waals surface area contributed by atoms with Gasteiger partial charge in [-0.2, -0.15) is 0 Å². The summed E-state index contributed by atoms with van der Waals surface area (Å²) in [5, 5.41) is 5.52. The van der Waals surface area contributed by atoms with Gasteiger partial charge in [0, 0.05) is 22.2 Å². The Bertz CT molecular complexity index is 780. The van der Waals surface area contributed by atoms with Crippen LogP contribution >= 0.6 is 0 Å². The van der Waals surface area contributed by atoms with Crippen molar-refractivity contribution in [1.82, 2.24) is 0 Å². The Morgan fingerprint density at radius 2 is 1.89 bits per heavy atom. The first-order valence-electron chi connectivity index (χ1n) is 6.28. The average Bonchev–Trinajstić information content (AvgIpc) is 2.77. The molecule has 0 fully saturated rings. The van der Waals surface area contributed by atoms with E-state index in [4.69, 9.17) is 4.42 Å². The van der Waals surface area contributed by atoms with Gasteiger partial charge in [0.25, 0.3) is 0 Å². The number of benzene rings is 2. The third kappa shape index (κ3) is 2.13. The second-order valence-electron chi connectivity index (χ2n) is 4.46. The molecule has 1 N–H and O–H groups in total. The molecule has 1 aromatic heterocycles. The molecule has 0 atom stereocenters. The van der Waals surface area contributed by atoms with Gasteiger partial charge in [-0.3, -0.25) is 0 Å². The average molecular weight is 249 g/mol. The van der Waals surface area contributed by atoms with E-state index in [1.807, 2.05) is 49.4 Å². The Labute approximate surface area is 112 Å². The van der Waals surface area contributed by atoms with Gasteiger partial charge in [0.2, 0.25) is 0 Å². The van der Waals surface area contributed by atoms with E-state index >= 15 is 0 Å². The summed E-state index contributed by atoms with van der Waals surface area (Å²) in [5.41, 5.74) is 3.71. The molecule has 94 valence electrons. The van der Waals surface area contributed by atoms with Crippen LogP contribution in [-0.2, 0) is 0 Å². The van der Waals surface area contributed by atoms with E-state index in [-0.39, 0.29) is 0 Å². The van der Waals surface area contributed by atoms with Crippen LogP contribution in [0.25, 0.3) is 21.9 Å². The summed E-state index contributed by atoms with van der Waals surface area (Å²) in [6.07, 6.45) is 3.90. The minimum absolute atomic E-state index is 0.870. The lowest BCUT2D eigenvalue weighted by atomic mass is 10.1. The van der Waals surface area contributed by atoms with Crippen LogP contribution in [0.15, 0.2) is 71.3 Å². The first kappa shape index (κ1) is 11.6. The zero-order valence-electron chi connectivity index (χ0n) is 10.8. The van der Waals surface area contributed by atoms with E-state index in [1.54, 1.807) is 0 Å². The molecule has 1 heterocycles. The molecule has 0 aliphatic heterocycles. The molecule has 0 unspecified atom stereocenters. The van der Waals surface area contributed by atoms with E-state index in [2.05, 4.69) is 24.0 Å². The fourth-order valence-corrected chi connectivity index (χ4v) is 2.23. The van der Waals surface area contributed by atoms with Gasteiger partial charge in [0.15, 0.2) is 0 Å². The Kier molecular flexibility index (Phi) is 2.84. The molecule has 0 aliphatic rings. The predicted octanol–water partition coefficient (Wildman–Crippen LogP) is 5.09. The van der Waals surface area contributed by atoms with Gasteiger partial charge in [-0.1, -0.05) is 30.9 Å². The first-order valence-corrected chi connectivity index (χ1v) is 6.28. The van der Waals surface area contributed by atoms with Crippen LogP contribution < -0.4 is 5.32 Å². The van der Waals surface area contributed by atoms with Crippen molar-refractivity contribution in [1.29, 1.82) is 0 Å². The van der Waals surface area contributed by atoms with E-state index in [1.165, 1.54) is 0 Å². The largest absolute Gasteiger partial charge is 0.456 e. The van der Waals surface area contributed by atoms with Crippen molar-refractivity contribution in [3.05, 3.63) is 66.9 Å². The van der Waals surface area contributed by atoms with Gasteiger partial charge in [0.1, 0.15) is 11.2 Å². The summed E-state index contributed by atoms with van der Waals surface area (Å²) >= 11 is 0. The zero-order chi connectivity index (χ0) is 13.2. The van der Waals surface area contributed by atoms with Crippen LogP contribution in [0.1, 0.15) is 6.92 Å². The molecule has 2 aromatic carbocycles. The monoisotopic (exact) mass is 249 g/mol. The second kappa shape index (κ2) is 4.65. The van der Waals surface area contributed by atoms with Gasteiger partial charge >= 0.3 is 0 Å². The van der Waals surface area contributed by atoms with Crippen LogP contribution in [0.4, 0.5) is 5.69 Å². The maximum atomic E-state index is 5.80. The molecule has 3 rings (SSSR count). The molecular weight excluding hydrogens is 234 g/mol. The number of nitrogens with one attached hydrogen (secondary N) is 1. The smallest absolute Gasteiger partial charge is 0.135 e. The van der Waals surface area contributed by atoms with Crippen molar-refractivity contribution in [3.8, 4) is 0 Å². The van der Waals surface area contributed by atoms with Crippen LogP contribution in [-0.4, -0.2) is 0 Å². The minimum atomic E-state index is 0.870. The van der Waals surface area contributed by atoms with E-state index in [0.717, 1.165) is 33.3 Å². The van der Waals surface area contributed by atoms with E-state index < -0.39 is 0 Å². The molecule has 19 heavy (non-hydrogen) atoms.